The second-order valence-electron chi connectivity index (χ2n) is 1.77. The molecule has 0 atom stereocenters. The fourth-order valence-corrected chi connectivity index (χ4v) is 1.10. The Morgan fingerprint density at radius 3 is 2.73 bits per heavy atom. The lowest BCUT2D eigenvalue weighted by molar-refractivity contribution is 0.0790. The average molecular weight is 195 g/mol. The quantitative estimate of drug-likeness (QED) is 0.497. The molecule has 0 spiro atoms. The number of rotatable bonds is 6. The van der Waals surface area contributed by atoms with E-state index in [0.717, 1.165) is 5.75 Å². The molecule has 11 heavy (non-hydrogen) atoms. The van der Waals surface area contributed by atoms with Crippen molar-refractivity contribution in [2.75, 3.05) is 32.7 Å². The number of hydrogen-bond donors (Lipinski definition) is 1. The van der Waals surface area contributed by atoms with Gasteiger partial charge in [0, 0.05) is 12.9 Å². The van der Waals surface area contributed by atoms with Gasteiger partial charge in [-0.15, -0.1) is 0 Å². The van der Waals surface area contributed by atoms with E-state index in [0.29, 0.717) is 24.1 Å². The molecule has 0 amide bonds. The predicted octanol–water partition coefficient (Wildman–Crippen LogP) is 0.626. The average Bonchev–Trinajstić information content (AvgIpc) is 1.96. The molecule has 0 aromatic rings. The minimum atomic E-state index is 0.473. The highest BCUT2D eigenvalue weighted by Gasteiger charge is 1.90. The molecule has 3 nitrogen and oxygen atoms in total. The summed E-state index contributed by atoms with van der Waals surface area (Å²) in [6, 6.07) is 0. The van der Waals surface area contributed by atoms with Crippen LogP contribution in [0.25, 0.3) is 0 Å². The number of thioether (sulfide) groups is 1. The van der Waals surface area contributed by atoms with Gasteiger partial charge in [-0.1, -0.05) is 24.0 Å². The zero-order chi connectivity index (χ0) is 8.53. The molecule has 0 saturated carbocycles. The van der Waals surface area contributed by atoms with Crippen LogP contribution in [0, 0.1) is 0 Å². The summed E-state index contributed by atoms with van der Waals surface area (Å²) in [6.45, 7) is 1.94. The van der Waals surface area contributed by atoms with E-state index in [1.807, 2.05) is 0 Å². The third kappa shape index (κ3) is 10.2. The number of thiocarbonyl (C=S) groups is 1. The summed E-state index contributed by atoms with van der Waals surface area (Å²) in [6.07, 6.45) is 0. The zero-order valence-corrected chi connectivity index (χ0v) is 8.17. The van der Waals surface area contributed by atoms with Gasteiger partial charge in [-0.2, -0.15) is 0 Å². The Bertz CT molecular complexity index is 111. The molecule has 0 rings (SSSR count). The molecule has 66 valence electrons. The summed E-state index contributed by atoms with van der Waals surface area (Å²) >= 11 is 6.09. The Kier molecular flexibility index (Phi) is 8.38. The van der Waals surface area contributed by atoms with E-state index in [-0.39, 0.29) is 0 Å². The van der Waals surface area contributed by atoms with Gasteiger partial charge in [-0.25, -0.2) is 0 Å². The minimum Gasteiger partial charge on any atom is -0.385 e. The minimum absolute atomic E-state index is 0.473. The van der Waals surface area contributed by atoms with Gasteiger partial charge in [-0.3, -0.25) is 0 Å². The van der Waals surface area contributed by atoms with Crippen LogP contribution in [0.15, 0.2) is 0 Å². The molecule has 0 aliphatic carbocycles. The van der Waals surface area contributed by atoms with Crippen molar-refractivity contribution >= 4 is 28.3 Å². The van der Waals surface area contributed by atoms with Gasteiger partial charge in [0.2, 0.25) is 0 Å². The van der Waals surface area contributed by atoms with Crippen LogP contribution in [0.1, 0.15) is 0 Å². The first-order valence-electron chi connectivity index (χ1n) is 3.26. The Morgan fingerprint density at radius 2 is 2.18 bits per heavy atom. The summed E-state index contributed by atoms with van der Waals surface area (Å²) in [4.78, 5) is 0. The molecule has 0 aromatic heterocycles. The third-order valence-electron chi connectivity index (χ3n) is 0.904. The summed E-state index contributed by atoms with van der Waals surface area (Å²) in [5, 5.41) is 0. The van der Waals surface area contributed by atoms with Gasteiger partial charge < -0.3 is 15.2 Å². The molecule has 0 bridgehead atoms. The fraction of sp³-hybridized carbons (Fsp3) is 0.833. The van der Waals surface area contributed by atoms with Crippen LogP contribution < -0.4 is 5.73 Å². The van der Waals surface area contributed by atoms with Crippen molar-refractivity contribution in [3.8, 4) is 0 Å². The van der Waals surface area contributed by atoms with E-state index in [9.17, 15) is 0 Å². The van der Waals surface area contributed by atoms with Crippen molar-refractivity contribution < 1.29 is 9.47 Å². The summed E-state index contributed by atoms with van der Waals surface area (Å²) < 4.78 is 10.4. The van der Waals surface area contributed by atoms with Crippen molar-refractivity contribution in [1.29, 1.82) is 0 Å². The van der Waals surface area contributed by atoms with E-state index in [1.165, 1.54) is 11.8 Å². The van der Waals surface area contributed by atoms with Gasteiger partial charge >= 0.3 is 0 Å². The van der Waals surface area contributed by atoms with Gasteiger partial charge in [-0.05, 0) is 0 Å². The maximum atomic E-state index is 5.25. The molecule has 0 saturated heterocycles. The van der Waals surface area contributed by atoms with E-state index in [1.54, 1.807) is 7.11 Å². The molecule has 5 heteroatoms. The molecule has 0 aliphatic rings. The lowest BCUT2D eigenvalue weighted by atomic mass is 10.7. The Morgan fingerprint density at radius 1 is 1.45 bits per heavy atom. The Hall–Kier alpha value is 0.160. The highest BCUT2D eigenvalue weighted by Crippen LogP contribution is 1.98. The standard InChI is InChI=1S/C6H13NO2S2/c1-8-2-3-9-4-5-11-6(7)10/h2-5H2,1H3,(H2,7,10). The van der Waals surface area contributed by atoms with Gasteiger partial charge in [0.1, 0.15) is 4.32 Å². The molecular formula is C6H13NO2S2. The van der Waals surface area contributed by atoms with E-state index < -0.39 is 0 Å². The second-order valence-corrected chi connectivity index (χ2v) is 3.61. The van der Waals surface area contributed by atoms with Crippen LogP contribution in [0.3, 0.4) is 0 Å². The summed E-state index contributed by atoms with van der Waals surface area (Å²) in [7, 11) is 1.65. The smallest absolute Gasteiger partial charge is 0.131 e. The fourth-order valence-electron chi connectivity index (χ4n) is 0.446. The number of ether oxygens (including phenoxy) is 2. The molecule has 0 fully saturated rings. The molecule has 0 aliphatic heterocycles. The van der Waals surface area contributed by atoms with Crippen LogP contribution in [0.2, 0.25) is 0 Å². The van der Waals surface area contributed by atoms with Gasteiger partial charge in [0.15, 0.2) is 0 Å². The normalized spacial score (nSPS) is 9.91. The first kappa shape index (κ1) is 11.2. The molecule has 0 heterocycles. The summed E-state index contributed by atoms with van der Waals surface area (Å²) in [5.74, 6) is 0.818. The molecule has 0 aromatic carbocycles. The lowest BCUT2D eigenvalue weighted by Gasteiger charge is -2.01. The lowest BCUT2D eigenvalue weighted by Crippen LogP contribution is -2.08. The van der Waals surface area contributed by atoms with Crippen molar-refractivity contribution in [3.63, 3.8) is 0 Å². The largest absolute Gasteiger partial charge is 0.385 e. The molecule has 2 N–H and O–H groups in total. The molecule has 0 radical (unpaired) electrons. The van der Waals surface area contributed by atoms with Gasteiger partial charge in [0.05, 0.1) is 19.8 Å². The third-order valence-corrected chi connectivity index (χ3v) is 1.91. The van der Waals surface area contributed by atoms with Crippen LogP contribution in [0.5, 0.6) is 0 Å². The van der Waals surface area contributed by atoms with Crippen molar-refractivity contribution in [1.82, 2.24) is 0 Å². The summed E-state index contributed by atoms with van der Waals surface area (Å²) in [5.41, 5.74) is 5.25. The van der Waals surface area contributed by atoms with Crippen LogP contribution in [-0.4, -0.2) is 37.0 Å². The topological polar surface area (TPSA) is 44.5 Å². The first-order valence-corrected chi connectivity index (χ1v) is 4.65. The highest BCUT2D eigenvalue weighted by atomic mass is 32.2. The predicted molar refractivity (Wildman–Crippen MR) is 51.9 cm³/mol. The molecule has 0 unspecified atom stereocenters. The van der Waals surface area contributed by atoms with Crippen LogP contribution in [-0.2, 0) is 9.47 Å². The zero-order valence-electron chi connectivity index (χ0n) is 6.54. The van der Waals surface area contributed by atoms with E-state index in [4.69, 9.17) is 15.2 Å². The van der Waals surface area contributed by atoms with E-state index >= 15 is 0 Å². The van der Waals surface area contributed by atoms with Crippen molar-refractivity contribution in [2.45, 2.75) is 0 Å². The number of nitrogens with two attached hydrogens (primary N) is 1. The maximum absolute atomic E-state index is 5.25. The maximum Gasteiger partial charge on any atom is 0.131 e. The van der Waals surface area contributed by atoms with Gasteiger partial charge in [0.25, 0.3) is 0 Å². The van der Waals surface area contributed by atoms with Crippen molar-refractivity contribution in [2.24, 2.45) is 5.73 Å². The van der Waals surface area contributed by atoms with Crippen molar-refractivity contribution in [3.05, 3.63) is 0 Å². The Labute approximate surface area is 76.6 Å². The Balaban J connectivity index is 2.85. The second kappa shape index (κ2) is 8.26. The monoisotopic (exact) mass is 195 g/mol. The van der Waals surface area contributed by atoms with E-state index in [2.05, 4.69) is 12.2 Å². The number of hydrogen-bond acceptors (Lipinski definition) is 4. The van der Waals surface area contributed by atoms with Crippen LogP contribution in [0.4, 0.5) is 0 Å². The highest BCUT2D eigenvalue weighted by molar-refractivity contribution is 8.22. The number of methoxy groups -OCH3 is 1. The first-order chi connectivity index (χ1) is 5.27. The van der Waals surface area contributed by atoms with Crippen LogP contribution >= 0.6 is 24.0 Å². The molecular weight excluding hydrogens is 182 g/mol. The SMILES string of the molecule is COCCOCCSC(N)=S.